The third kappa shape index (κ3) is 5.82. The van der Waals surface area contributed by atoms with Crippen molar-refractivity contribution in [3.8, 4) is 0 Å². The standard InChI is InChI=1S/C9H14N2O2/c1-3-4-5-6-7-13-9(12)8(2)11-10/h5-6H,3-4,7H2,1-2H3/b6-5-. The van der Waals surface area contributed by atoms with Gasteiger partial charge in [0.05, 0.1) is 0 Å². The molecule has 0 aliphatic rings. The van der Waals surface area contributed by atoms with Gasteiger partial charge in [-0.15, -0.1) is 0 Å². The Morgan fingerprint density at radius 2 is 2.23 bits per heavy atom. The molecule has 0 spiro atoms. The van der Waals surface area contributed by atoms with E-state index in [9.17, 15) is 4.79 Å². The highest BCUT2D eigenvalue weighted by molar-refractivity contribution is 6.32. The van der Waals surface area contributed by atoms with Crippen LogP contribution in [0, 0.1) is 0 Å². The van der Waals surface area contributed by atoms with Crippen LogP contribution in [0.1, 0.15) is 26.7 Å². The van der Waals surface area contributed by atoms with E-state index in [2.05, 4.69) is 11.7 Å². The number of unbranched alkanes of at least 4 members (excludes halogenated alkanes) is 1. The number of rotatable bonds is 5. The number of hydrogen-bond acceptors (Lipinski definition) is 2. The van der Waals surface area contributed by atoms with Crippen molar-refractivity contribution in [2.45, 2.75) is 26.7 Å². The van der Waals surface area contributed by atoms with Gasteiger partial charge in [-0.2, -0.15) is 4.79 Å². The number of allylic oxidation sites excluding steroid dienone is 1. The van der Waals surface area contributed by atoms with Crippen LogP contribution < -0.4 is 0 Å². The van der Waals surface area contributed by atoms with E-state index in [1.807, 2.05) is 6.08 Å². The predicted octanol–water partition coefficient (Wildman–Crippen LogP) is 1.58. The monoisotopic (exact) mass is 182 g/mol. The second kappa shape index (κ2) is 7.25. The lowest BCUT2D eigenvalue weighted by Gasteiger charge is -1.94. The van der Waals surface area contributed by atoms with Crippen LogP contribution in [0.4, 0.5) is 0 Å². The van der Waals surface area contributed by atoms with E-state index in [4.69, 9.17) is 10.3 Å². The summed E-state index contributed by atoms with van der Waals surface area (Å²) in [5.74, 6) is -0.594. The maximum Gasteiger partial charge on any atom is 0.416 e. The second-order valence-corrected chi connectivity index (χ2v) is 2.54. The van der Waals surface area contributed by atoms with Crippen molar-refractivity contribution in [3.63, 3.8) is 0 Å². The zero-order valence-corrected chi connectivity index (χ0v) is 7.99. The highest BCUT2D eigenvalue weighted by Crippen LogP contribution is 1.89. The van der Waals surface area contributed by atoms with Crippen molar-refractivity contribution in [1.82, 2.24) is 0 Å². The molecular formula is C9H14N2O2. The quantitative estimate of drug-likeness (QED) is 0.213. The molecule has 0 aromatic rings. The molecule has 0 aliphatic heterocycles. The van der Waals surface area contributed by atoms with E-state index in [0.29, 0.717) is 0 Å². The first kappa shape index (κ1) is 11.6. The van der Waals surface area contributed by atoms with E-state index in [1.165, 1.54) is 6.92 Å². The normalized spacial score (nSPS) is 9.69. The first-order chi connectivity index (χ1) is 6.22. The van der Waals surface area contributed by atoms with Gasteiger partial charge in [0.25, 0.3) is 0 Å². The fourth-order valence-corrected chi connectivity index (χ4v) is 0.622. The Labute approximate surface area is 77.8 Å². The predicted molar refractivity (Wildman–Crippen MR) is 49.3 cm³/mol. The third-order valence-corrected chi connectivity index (χ3v) is 1.38. The van der Waals surface area contributed by atoms with Gasteiger partial charge in [-0.25, -0.2) is 4.79 Å². The number of nitrogens with zero attached hydrogens (tertiary/aromatic N) is 2. The zero-order valence-electron chi connectivity index (χ0n) is 7.99. The van der Waals surface area contributed by atoms with Crippen LogP contribution in [0.3, 0.4) is 0 Å². The van der Waals surface area contributed by atoms with E-state index < -0.39 is 5.97 Å². The summed E-state index contributed by atoms with van der Waals surface area (Å²) in [6.07, 6.45) is 5.76. The summed E-state index contributed by atoms with van der Waals surface area (Å²) in [4.78, 5) is 13.6. The summed E-state index contributed by atoms with van der Waals surface area (Å²) >= 11 is 0. The largest absolute Gasteiger partial charge is 0.453 e. The minimum atomic E-state index is -0.594. The molecule has 0 atom stereocenters. The van der Waals surface area contributed by atoms with Gasteiger partial charge in [0.1, 0.15) is 6.61 Å². The van der Waals surface area contributed by atoms with Crippen molar-refractivity contribution in [2.75, 3.05) is 6.61 Å². The topological polar surface area (TPSA) is 62.7 Å². The molecular weight excluding hydrogens is 168 g/mol. The van der Waals surface area contributed by atoms with Crippen LogP contribution in [0.15, 0.2) is 12.2 Å². The smallest absolute Gasteiger partial charge is 0.416 e. The molecule has 0 saturated carbocycles. The molecule has 0 bridgehead atoms. The SMILES string of the molecule is CCC/C=C\COC(=O)C(C)=[N+]=[N-]. The minimum absolute atomic E-state index is 0.0381. The summed E-state index contributed by atoms with van der Waals surface area (Å²) in [6, 6.07) is 0. The van der Waals surface area contributed by atoms with Gasteiger partial charge in [0, 0.05) is 6.92 Å². The first-order valence-electron chi connectivity index (χ1n) is 4.23. The van der Waals surface area contributed by atoms with Crippen LogP contribution in [0.2, 0.25) is 0 Å². The van der Waals surface area contributed by atoms with E-state index in [-0.39, 0.29) is 12.3 Å². The van der Waals surface area contributed by atoms with E-state index in [1.54, 1.807) is 6.08 Å². The number of carbonyl (C=O) groups excluding carboxylic acids is 1. The van der Waals surface area contributed by atoms with Crippen molar-refractivity contribution < 1.29 is 14.3 Å². The Hall–Kier alpha value is -1.41. The molecule has 72 valence electrons. The molecule has 0 amide bonds. The van der Waals surface area contributed by atoms with Crippen LogP contribution in [0.5, 0.6) is 0 Å². The summed E-state index contributed by atoms with van der Waals surface area (Å²) in [6.45, 7) is 3.68. The van der Waals surface area contributed by atoms with Crippen LogP contribution >= 0.6 is 0 Å². The molecule has 4 heteroatoms. The summed E-state index contributed by atoms with van der Waals surface area (Å²) < 4.78 is 4.72. The first-order valence-corrected chi connectivity index (χ1v) is 4.23. The zero-order chi connectivity index (χ0) is 10.1. The van der Waals surface area contributed by atoms with E-state index in [0.717, 1.165) is 12.8 Å². The molecule has 0 fully saturated rings. The average molecular weight is 182 g/mol. The third-order valence-electron chi connectivity index (χ3n) is 1.38. The van der Waals surface area contributed by atoms with Crippen LogP contribution in [0.25, 0.3) is 5.53 Å². The van der Waals surface area contributed by atoms with Crippen molar-refractivity contribution >= 4 is 11.7 Å². The lowest BCUT2D eigenvalue weighted by atomic mass is 10.3. The number of esters is 1. The Kier molecular flexibility index (Phi) is 6.46. The fourth-order valence-electron chi connectivity index (χ4n) is 0.622. The molecule has 0 aromatic heterocycles. The number of ether oxygens (including phenoxy) is 1. The molecule has 0 aliphatic carbocycles. The Balaban J connectivity index is 3.66. The number of hydrogen-bond donors (Lipinski definition) is 0. The fraction of sp³-hybridized carbons (Fsp3) is 0.556. The Morgan fingerprint density at radius 1 is 1.54 bits per heavy atom. The highest BCUT2D eigenvalue weighted by Gasteiger charge is 2.13. The van der Waals surface area contributed by atoms with Crippen LogP contribution in [-0.4, -0.2) is 23.1 Å². The van der Waals surface area contributed by atoms with Gasteiger partial charge in [-0.1, -0.05) is 25.5 Å². The van der Waals surface area contributed by atoms with Crippen molar-refractivity contribution in [3.05, 3.63) is 17.7 Å². The molecule has 0 rings (SSSR count). The molecule has 4 nitrogen and oxygen atoms in total. The maximum atomic E-state index is 10.9. The average Bonchev–Trinajstić information content (AvgIpc) is 2.16. The van der Waals surface area contributed by atoms with Gasteiger partial charge in [0.2, 0.25) is 0 Å². The lowest BCUT2D eigenvalue weighted by Crippen LogP contribution is -2.14. The number of carbonyl (C=O) groups is 1. The Bertz CT molecular complexity index is 240. The summed E-state index contributed by atoms with van der Waals surface area (Å²) in [5.41, 5.74) is 8.18. The molecule has 0 aromatic carbocycles. The minimum Gasteiger partial charge on any atom is -0.453 e. The van der Waals surface area contributed by atoms with Gasteiger partial charge in [-0.3, -0.25) is 0 Å². The van der Waals surface area contributed by atoms with Gasteiger partial charge < -0.3 is 10.3 Å². The second-order valence-electron chi connectivity index (χ2n) is 2.54. The maximum absolute atomic E-state index is 10.9. The van der Waals surface area contributed by atoms with Crippen LogP contribution in [-0.2, 0) is 9.53 Å². The van der Waals surface area contributed by atoms with Gasteiger partial charge in [-0.05, 0) is 6.42 Å². The van der Waals surface area contributed by atoms with E-state index >= 15 is 0 Å². The highest BCUT2D eigenvalue weighted by atomic mass is 16.5. The molecule has 0 heterocycles. The molecule has 13 heavy (non-hydrogen) atoms. The molecule has 0 radical (unpaired) electrons. The molecule has 0 saturated heterocycles. The molecule has 0 N–H and O–H groups in total. The summed E-state index contributed by atoms with van der Waals surface area (Å²) in [7, 11) is 0. The summed E-state index contributed by atoms with van der Waals surface area (Å²) in [5, 5.41) is 0. The van der Waals surface area contributed by atoms with Gasteiger partial charge in [0.15, 0.2) is 0 Å². The van der Waals surface area contributed by atoms with Crippen molar-refractivity contribution in [1.29, 1.82) is 0 Å². The lowest BCUT2D eigenvalue weighted by molar-refractivity contribution is -0.139. The molecule has 0 unspecified atom stereocenters. The van der Waals surface area contributed by atoms with Crippen molar-refractivity contribution in [2.24, 2.45) is 0 Å². The van der Waals surface area contributed by atoms with Gasteiger partial charge >= 0.3 is 11.7 Å². The Morgan fingerprint density at radius 3 is 2.77 bits per heavy atom.